The van der Waals surface area contributed by atoms with Crippen molar-refractivity contribution < 1.29 is 24.9 Å². The summed E-state index contributed by atoms with van der Waals surface area (Å²) in [5.41, 5.74) is 1.19. The van der Waals surface area contributed by atoms with Crippen LogP contribution in [0.15, 0.2) is 47.5 Å². The first kappa shape index (κ1) is 33.2. The Labute approximate surface area is 241 Å². The van der Waals surface area contributed by atoms with Gasteiger partial charge in [0.15, 0.2) is 6.04 Å². The molecule has 3 N–H and O–H groups in total. The lowest BCUT2D eigenvalue weighted by atomic mass is 10.0. The molecule has 0 saturated carbocycles. The lowest BCUT2D eigenvalue weighted by Gasteiger charge is -2.09. The molecule has 2 aromatic carbocycles. The van der Waals surface area contributed by atoms with Crippen LogP contribution in [-0.4, -0.2) is 40.2 Å². The molecule has 0 fully saturated rings. The van der Waals surface area contributed by atoms with Gasteiger partial charge in [-0.3, -0.25) is 4.99 Å². The zero-order valence-electron chi connectivity index (χ0n) is 24.5. The second-order valence-corrected chi connectivity index (χ2v) is 10.9. The Morgan fingerprint density at radius 2 is 1.30 bits per heavy atom. The van der Waals surface area contributed by atoms with Crippen LogP contribution in [0.2, 0.25) is 0 Å². The fourth-order valence-corrected chi connectivity index (χ4v) is 4.79. The second-order valence-electron chi connectivity index (χ2n) is 10.9. The molecule has 2 rings (SSSR count). The average Bonchev–Trinajstić information content (AvgIpc) is 2.94. The smallest absolute Gasteiger partial charge is 0.328 e. The van der Waals surface area contributed by atoms with E-state index in [0.29, 0.717) is 17.9 Å². The third-order valence-electron chi connectivity index (χ3n) is 7.31. The van der Waals surface area contributed by atoms with Crippen molar-refractivity contribution in [3.63, 3.8) is 0 Å². The lowest BCUT2D eigenvalue weighted by molar-refractivity contribution is -0.138. The normalized spacial score (nSPS) is 12.1. The Hall–Kier alpha value is -3.02. The number of phenols is 2. The first-order chi connectivity index (χ1) is 19.5. The molecule has 222 valence electrons. The Morgan fingerprint density at radius 1 is 0.775 bits per heavy atom. The Kier molecular flexibility index (Phi) is 17.3. The number of rotatable bonds is 23. The highest BCUT2D eigenvalue weighted by Gasteiger charge is 2.16. The molecule has 0 radical (unpaired) electrons. The van der Waals surface area contributed by atoms with E-state index in [0.717, 1.165) is 18.4 Å². The molecule has 0 spiro atoms. The molecule has 0 aliphatic rings. The van der Waals surface area contributed by atoms with Gasteiger partial charge in [-0.1, -0.05) is 115 Å². The summed E-state index contributed by atoms with van der Waals surface area (Å²) in [6.45, 7) is 2.88. The van der Waals surface area contributed by atoms with Crippen molar-refractivity contribution in [2.24, 2.45) is 4.99 Å². The monoisotopic (exact) mass is 553 g/mol. The predicted octanol–water partition coefficient (Wildman–Crippen LogP) is 8.85. The van der Waals surface area contributed by atoms with Crippen molar-refractivity contribution in [1.82, 2.24) is 0 Å². The molecule has 0 amide bonds. The van der Waals surface area contributed by atoms with E-state index in [1.807, 2.05) is 0 Å². The van der Waals surface area contributed by atoms with E-state index >= 15 is 0 Å². The van der Waals surface area contributed by atoms with E-state index in [9.17, 15) is 20.1 Å². The number of carboxylic acids is 1. The molecule has 2 aromatic rings. The Morgan fingerprint density at radius 3 is 1.80 bits per heavy atom. The number of benzene rings is 2. The third kappa shape index (κ3) is 14.9. The van der Waals surface area contributed by atoms with E-state index in [4.69, 9.17) is 4.74 Å². The predicted molar refractivity (Wildman–Crippen MR) is 164 cm³/mol. The SMILES string of the molecule is CCCCCCCCCCCCCCCCCCOc1ccc(C=N[C@@H](Cc2ccc(O)cc2)C(=O)O)c(O)c1. The van der Waals surface area contributed by atoms with E-state index in [1.54, 1.807) is 30.3 Å². The molecule has 0 aliphatic heterocycles. The fraction of sp³-hybridized carbons (Fsp3) is 0.588. The van der Waals surface area contributed by atoms with Crippen molar-refractivity contribution in [1.29, 1.82) is 0 Å². The van der Waals surface area contributed by atoms with Gasteiger partial charge in [-0.05, 0) is 36.2 Å². The maximum atomic E-state index is 11.6. The van der Waals surface area contributed by atoms with Gasteiger partial charge >= 0.3 is 5.97 Å². The molecule has 6 nitrogen and oxygen atoms in total. The molecule has 0 saturated heterocycles. The Balaban J connectivity index is 1.54. The van der Waals surface area contributed by atoms with Crippen LogP contribution >= 0.6 is 0 Å². The van der Waals surface area contributed by atoms with Crippen molar-refractivity contribution >= 4 is 12.2 Å². The van der Waals surface area contributed by atoms with Crippen molar-refractivity contribution in [2.45, 2.75) is 122 Å². The van der Waals surface area contributed by atoms with Crippen LogP contribution in [0, 0.1) is 0 Å². The summed E-state index contributed by atoms with van der Waals surface area (Å²) in [6, 6.07) is 10.4. The zero-order valence-corrected chi connectivity index (χ0v) is 24.5. The molecule has 40 heavy (non-hydrogen) atoms. The quantitative estimate of drug-likeness (QED) is 0.0943. The molecule has 0 heterocycles. The van der Waals surface area contributed by atoms with Gasteiger partial charge in [-0.15, -0.1) is 0 Å². The Bertz CT molecular complexity index is 973. The molecular weight excluding hydrogens is 502 g/mol. The van der Waals surface area contributed by atoms with Crippen molar-refractivity contribution in [3.8, 4) is 17.2 Å². The number of carbonyl (C=O) groups is 1. The lowest BCUT2D eigenvalue weighted by Crippen LogP contribution is -2.20. The standard InChI is InChI=1S/C34H51NO5/c1-2-3-4-5-6-7-8-9-10-11-12-13-14-15-16-17-24-40-31-23-20-29(33(37)26-31)27-35-32(34(38)39)25-28-18-21-30(36)22-19-28/h18-23,26-27,32,36-37H,2-17,24-25H2,1H3,(H,38,39)/t32-/m0/s1. The zero-order chi connectivity index (χ0) is 28.8. The first-order valence-electron chi connectivity index (χ1n) is 15.5. The summed E-state index contributed by atoms with van der Waals surface area (Å²) in [5, 5.41) is 29.3. The molecule has 6 heteroatoms. The fourth-order valence-electron chi connectivity index (χ4n) is 4.79. The van der Waals surface area contributed by atoms with E-state index < -0.39 is 12.0 Å². The van der Waals surface area contributed by atoms with Crippen LogP contribution in [0.1, 0.15) is 121 Å². The summed E-state index contributed by atoms with van der Waals surface area (Å²) in [5.74, 6) is -0.333. The number of phenolic OH excluding ortho intramolecular Hbond substituents is 2. The molecule has 0 aromatic heterocycles. The van der Waals surface area contributed by atoms with Gasteiger partial charge in [0.1, 0.15) is 17.2 Å². The summed E-state index contributed by atoms with van der Waals surface area (Å²) >= 11 is 0. The summed E-state index contributed by atoms with van der Waals surface area (Å²) < 4.78 is 5.79. The number of aliphatic imine (C=N–C) groups is 1. The second kappa shape index (κ2) is 20.8. The van der Waals surface area contributed by atoms with Crippen molar-refractivity contribution in [2.75, 3.05) is 6.61 Å². The summed E-state index contributed by atoms with van der Waals surface area (Å²) in [7, 11) is 0. The number of hydrogen-bond acceptors (Lipinski definition) is 5. The number of ether oxygens (including phenoxy) is 1. The number of carboxylic acid groups (broad SMARTS) is 1. The molecule has 0 unspecified atom stereocenters. The maximum absolute atomic E-state index is 11.6. The van der Waals surface area contributed by atoms with Gasteiger partial charge in [0, 0.05) is 24.3 Å². The van der Waals surface area contributed by atoms with Crippen LogP contribution in [0.4, 0.5) is 0 Å². The minimum Gasteiger partial charge on any atom is -0.508 e. The van der Waals surface area contributed by atoms with Crippen molar-refractivity contribution in [3.05, 3.63) is 53.6 Å². The minimum absolute atomic E-state index is 0.00185. The number of aromatic hydroxyl groups is 2. The van der Waals surface area contributed by atoms with E-state index in [-0.39, 0.29) is 17.9 Å². The van der Waals surface area contributed by atoms with Gasteiger partial charge in [0.2, 0.25) is 0 Å². The molecular formula is C34H51NO5. The van der Waals surface area contributed by atoms with Gasteiger partial charge in [0.05, 0.1) is 6.61 Å². The van der Waals surface area contributed by atoms with Crippen LogP contribution in [0.3, 0.4) is 0 Å². The van der Waals surface area contributed by atoms with Gasteiger partial charge in [0.25, 0.3) is 0 Å². The third-order valence-corrected chi connectivity index (χ3v) is 7.31. The van der Waals surface area contributed by atoms with Gasteiger partial charge in [-0.2, -0.15) is 0 Å². The number of aliphatic carboxylic acids is 1. The molecule has 1 atom stereocenters. The van der Waals surface area contributed by atoms with Crippen LogP contribution < -0.4 is 4.74 Å². The van der Waals surface area contributed by atoms with E-state index in [2.05, 4.69) is 11.9 Å². The van der Waals surface area contributed by atoms with E-state index in [1.165, 1.54) is 108 Å². The topological polar surface area (TPSA) is 99.4 Å². The highest BCUT2D eigenvalue weighted by Crippen LogP contribution is 2.23. The molecule has 0 aliphatic carbocycles. The minimum atomic E-state index is -1.05. The summed E-state index contributed by atoms with van der Waals surface area (Å²) in [6.07, 6.45) is 22.9. The largest absolute Gasteiger partial charge is 0.508 e. The number of hydrogen-bond donors (Lipinski definition) is 3. The van der Waals surface area contributed by atoms with Gasteiger partial charge < -0.3 is 20.1 Å². The highest BCUT2D eigenvalue weighted by molar-refractivity contribution is 5.86. The van der Waals surface area contributed by atoms with Crippen LogP contribution in [0.5, 0.6) is 17.2 Å². The van der Waals surface area contributed by atoms with Crippen LogP contribution in [0.25, 0.3) is 0 Å². The number of nitrogens with zero attached hydrogens (tertiary/aromatic N) is 1. The number of unbranched alkanes of at least 4 members (excludes halogenated alkanes) is 15. The highest BCUT2D eigenvalue weighted by atomic mass is 16.5. The average molecular weight is 554 g/mol. The first-order valence-corrected chi connectivity index (χ1v) is 15.5. The van der Waals surface area contributed by atoms with Crippen LogP contribution in [-0.2, 0) is 11.2 Å². The maximum Gasteiger partial charge on any atom is 0.328 e. The summed E-state index contributed by atoms with van der Waals surface area (Å²) in [4.78, 5) is 15.8. The molecule has 0 bridgehead atoms. The van der Waals surface area contributed by atoms with Gasteiger partial charge in [-0.25, -0.2) is 4.79 Å².